The number of amides is 3. The number of carbonyl (C=O) groups is 3. The Balaban J connectivity index is 1.70. The van der Waals surface area contributed by atoms with E-state index in [-0.39, 0.29) is 24.2 Å². The maximum atomic E-state index is 13.4. The number of urea groups is 1. The molecule has 10 nitrogen and oxygen atoms in total. The SMILES string of the molecule is CCCCc1ncc(C=C2C(=O)N(CCCC)C(=O)N2Cc2ccno2)n1Cc1ccc(C(=O)OC)cc1. The normalized spacial score (nSPS) is 14.7. The lowest BCUT2D eigenvalue weighted by atomic mass is 10.1. The van der Waals surface area contributed by atoms with Crippen molar-refractivity contribution in [2.75, 3.05) is 13.7 Å². The van der Waals surface area contributed by atoms with E-state index in [2.05, 4.69) is 21.6 Å². The van der Waals surface area contributed by atoms with Crippen molar-refractivity contribution < 1.29 is 23.6 Å². The molecule has 1 aliphatic rings. The first-order chi connectivity index (χ1) is 18.5. The predicted octanol–water partition coefficient (Wildman–Crippen LogP) is 4.65. The Labute approximate surface area is 221 Å². The number of rotatable bonds is 12. The second-order valence-corrected chi connectivity index (χ2v) is 9.16. The molecule has 0 N–H and O–H groups in total. The van der Waals surface area contributed by atoms with Crippen LogP contribution in [0.1, 0.15) is 72.7 Å². The monoisotopic (exact) mass is 519 g/mol. The Kier molecular flexibility index (Phi) is 8.73. The van der Waals surface area contributed by atoms with Gasteiger partial charge in [-0.25, -0.2) is 14.6 Å². The van der Waals surface area contributed by atoms with Gasteiger partial charge in [0.15, 0.2) is 5.76 Å². The number of carbonyl (C=O) groups excluding carboxylic acids is 3. The fourth-order valence-electron chi connectivity index (χ4n) is 4.32. The molecule has 3 heterocycles. The molecule has 0 aliphatic carbocycles. The summed E-state index contributed by atoms with van der Waals surface area (Å²) in [5.74, 6) is 0.639. The number of methoxy groups -OCH3 is 1. The van der Waals surface area contributed by atoms with Crippen molar-refractivity contribution in [3.8, 4) is 0 Å². The van der Waals surface area contributed by atoms with Crippen molar-refractivity contribution in [2.45, 2.75) is 59.0 Å². The molecule has 3 aromatic rings. The summed E-state index contributed by atoms with van der Waals surface area (Å²) in [7, 11) is 1.35. The second-order valence-electron chi connectivity index (χ2n) is 9.16. The largest absolute Gasteiger partial charge is 0.465 e. The van der Waals surface area contributed by atoms with Crippen LogP contribution in [0.3, 0.4) is 0 Å². The van der Waals surface area contributed by atoms with Crippen molar-refractivity contribution >= 4 is 24.0 Å². The zero-order chi connectivity index (χ0) is 27.1. The Morgan fingerprint density at radius 2 is 1.79 bits per heavy atom. The Hall–Kier alpha value is -4.21. The average Bonchev–Trinajstić information content (AvgIpc) is 3.63. The summed E-state index contributed by atoms with van der Waals surface area (Å²) < 4.78 is 12.1. The molecule has 1 saturated heterocycles. The first-order valence-electron chi connectivity index (χ1n) is 12.9. The summed E-state index contributed by atoms with van der Waals surface area (Å²) >= 11 is 0. The van der Waals surface area contributed by atoms with Crippen molar-refractivity contribution in [2.24, 2.45) is 0 Å². The molecule has 38 heavy (non-hydrogen) atoms. The molecule has 3 amide bonds. The standard InChI is InChI=1S/C28H33N5O5/c1-4-6-8-25-29-17-22(32(25)18-20-9-11-21(12-10-20)27(35)37-3)16-24-26(34)31(15-7-5-2)28(36)33(24)19-23-13-14-30-38-23/h9-14,16-17H,4-8,15,18-19H2,1-3H3. The van der Waals surface area contributed by atoms with Crippen LogP contribution in [-0.2, 0) is 29.0 Å². The van der Waals surface area contributed by atoms with Gasteiger partial charge in [-0.3, -0.25) is 14.6 Å². The molecule has 1 aromatic carbocycles. The van der Waals surface area contributed by atoms with E-state index >= 15 is 0 Å². The van der Waals surface area contributed by atoms with Crippen LogP contribution in [0.15, 0.2) is 52.9 Å². The van der Waals surface area contributed by atoms with Crippen LogP contribution in [-0.4, -0.2) is 56.1 Å². The van der Waals surface area contributed by atoms with E-state index in [1.165, 1.54) is 23.1 Å². The van der Waals surface area contributed by atoms with Crippen LogP contribution in [0.25, 0.3) is 6.08 Å². The van der Waals surface area contributed by atoms with Gasteiger partial charge in [-0.15, -0.1) is 0 Å². The van der Waals surface area contributed by atoms with Gasteiger partial charge in [-0.1, -0.05) is 44.0 Å². The number of benzene rings is 1. The van der Waals surface area contributed by atoms with Crippen LogP contribution in [0, 0.1) is 0 Å². The number of nitrogens with zero attached hydrogens (tertiary/aromatic N) is 5. The minimum absolute atomic E-state index is 0.102. The lowest BCUT2D eigenvalue weighted by Crippen LogP contribution is -2.33. The molecule has 200 valence electrons. The van der Waals surface area contributed by atoms with E-state index in [1.54, 1.807) is 30.5 Å². The zero-order valence-electron chi connectivity index (χ0n) is 22.1. The minimum atomic E-state index is -0.392. The highest BCUT2D eigenvalue weighted by Crippen LogP contribution is 2.27. The highest BCUT2D eigenvalue weighted by atomic mass is 16.5. The van der Waals surface area contributed by atoms with Gasteiger partial charge in [0.1, 0.15) is 11.5 Å². The summed E-state index contributed by atoms with van der Waals surface area (Å²) in [5.41, 5.74) is 2.42. The lowest BCUT2D eigenvalue weighted by molar-refractivity contribution is -0.123. The number of hydrogen-bond donors (Lipinski definition) is 0. The number of ether oxygens (including phenoxy) is 1. The Morgan fingerprint density at radius 1 is 1.03 bits per heavy atom. The number of esters is 1. The summed E-state index contributed by atoms with van der Waals surface area (Å²) in [6.07, 6.45) is 9.32. The molecule has 1 fully saturated rings. The predicted molar refractivity (Wildman–Crippen MR) is 140 cm³/mol. The third kappa shape index (κ3) is 5.85. The molecular weight excluding hydrogens is 486 g/mol. The van der Waals surface area contributed by atoms with Gasteiger partial charge in [0.25, 0.3) is 5.91 Å². The number of aryl methyl sites for hydroxylation is 1. The quantitative estimate of drug-likeness (QED) is 0.194. The van der Waals surface area contributed by atoms with Gasteiger partial charge in [0, 0.05) is 25.6 Å². The first kappa shape index (κ1) is 26.8. The molecule has 0 saturated carbocycles. The molecule has 0 bridgehead atoms. The van der Waals surface area contributed by atoms with Gasteiger partial charge in [0.2, 0.25) is 0 Å². The maximum Gasteiger partial charge on any atom is 0.337 e. The summed E-state index contributed by atoms with van der Waals surface area (Å²) in [5, 5.41) is 3.73. The number of imidazole rings is 1. The van der Waals surface area contributed by atoms with Crippen molar-refractivity contribution in [1.29, 1.82) is 0 Å². The van der Waals surface area contributed by atoms with E-state index in [9.17, 15) is 14.4 Å². The van der Waals surface area contributed by atoms with Gasteiger partial charge >= 0.3 is 12.0 Å². The molecule has 10 heteroatoms. The molecule has 2 aromatic heterocycles. The summed E-state index contributed by atoms with van der Waals surface area (Å²) in [4.78, 5) is 45.9. The van der Waals surface area contributed by atoms with E-state index in [0.717, 1.165) is 43.5 Å². The van der Waals surface area contributed by atoms with Crippen molar-refractivity contribution in [3.63, 3.8) is 0 Å². The highest BCUT2D eigenvalue weighted by Gasteiger charge is 2.41. The molecule has 0 atom stereocenters. The van der Waals surface area contributed by atoms with Crippen LogP contribution in [0.2, 0.25) is 0 Å². The number of unbranched alkanes of at least 4 members (excludes halogenated alkanes) is 2. The lowest BCUT2D eigenvalue weighted by Gasteiger charge is -2.16. The number of imide groups is 1. The van der Waals surface area contributed by atoms with Crippen LogP contribution in [0.4, 0.5) is 4.79 Å². The maximum absolute atomic E-state index is 13.4. The fraction of sp³-hybridized carbons (Fsp3) is 0.393. The first-order valence-corrected chi connectivity index (χ1v) is 12.9. The van der Waals surface area contributed by atoms with Gasteiger partial charge in [-0.2, -0.15) is 0 Å². The smallest absolute Gasteiger partial charge is 0.337 e. The Morgan fingerprint density at radius 3 is 2.45 bits per heavy atom. The molecular formula is C28H33N5O5. The molecule has 0 radical (unpaired) electrons. The summed E-state index contributed by atoms with van der Waals surface area (Å²) in [6.45, 7) is 5.08. The van der Waals surface area contributed by atoms with E-state index in [1.807, 2.05) is 19.1 Å². The second kappa shape index (κ2) is 12.4. The average molecular weight is 520 g/mol. The van der Waals surface area contributed by atoms with Crippen molar-refractivity contribution in [1.82, 2.24) is 24.5 Å². The van der Waals surface area contributed by atoms with Crippen LogP contribution >= 0.6 is 0 Å². The van der Waals surface area contributed by atoms with Crippen LogP contribution < -0.4 is 0 Å². The van der Waals surface area contributed by atoms with E-state index in [4.69, 9.17) is 9.26 Å². The van der Waals surface area contributed by atoms with E-state index in [0.29, 0.717) is 30.1 Å². The van der Waals surface area contributed by atoms with Crippen LogP contribution in [0.5, 0.6) is 0 Å². The molecule has 1 aliphatic heterocycles. The third-order valence-electron chi connectivity index (χ3n) is 6.48. The van der Waals surface area contributed by atoms with Gasteiger partial charge < -0.3 is 13.8 Å². The van der Waals surface area contributed by atoms with Crippen molar-refractivity contribution in [3.05, 3.63) is 76.8 Å². The molecule has 4 rings (SSSR count). The molecule has 0 unspecified atom stereocenters. The molecule has 0 spiro atoms. The Bertz CT molecular complexity index is 1290. The third-order valence-corrected chi connectivity index (χ3v) is 6.48. The van der Waals surface area contributed by atoms with Gasteiger partial charge in [-0.05, 0) is 36.6 Å². The number of hydrogen-bond acceptors (Lipinski definition) is 7. The minimum Gasteiger partial charge on any atom is -0.465 e. The van der Waals surface area contributed by atoms with E-state index < -0.39 is 5.97 Å². The zero-order valence-corrected chi connectivity index (χ0v) is 22.1. The number of aromatic nitrogens is 3. The highest BCUT2D eigenvalue weighted by molar-refractivity contribution is 6.13. The fourth-order valence-corrected chi connectivity index (χ4v) is 4.32. The van der Waals surface area contributed by atoms with Gasteiger partial charge in [0.05, 0.1) is 37.3 Å². The topological polar surface area (TPSA) is 111 Å². The summed E-state index contributed by atoms with van der Waals surface area (Å²) in [6, 6.07) is 8.51.